The minimum Gasteiger partial charge on any atom is -0.490 e. The van der Waals surface area contributed by atoms with Crippen molar-refractivity contribution in [2.24, 2.45) is 0 Å². The van der Waals surface area contributed by atoms with Crippen LogP contribution in [0.4, 0.5) is 0 Å². The first-order chi connectivity index (χ1) is 14.0. The van der Waals surface area contributed by atoms with E-state index in [2.05, 4.69) is 21.2 Å². The van der Waals surface area contributed by atoms with Gasteiger partial charge >= 0.3 is 5.97 Å². The summed E-state index contributed by atoms with van der Waals surface area (Å²) in [7, 11) is 0. The average Bonchev–Trinajstić information content (AvgIpc) is 3.17. The average molecular weight is 482 g/mol. The van der Waals surface area contributed by atoms with E-state index in [4.69, 9.17) is 14.2 Å². The maximum absolute atomic E-state index is 11.2. The number of carbonyl (C=O) groups is 1. The zero-order valence-corrected chi connectivity index (χ0v) is 18.7. The highest BCUT2D eigenvalue weighted by atomic mass is 79.9. The third kappa shape index (κ3) is 5.81. The van der Waals surface area contributed by atoms with Gasteiger partial charge in [-0.25, -0.2) is 0 Å². The smallest absolute Gasteiger partial charge is 0.321 e. The van der Waals surface area contributed by atoms with Crippen molar-refractivity contribution in [1.29, 1.82) is 0 Å². The molecule has 0 radical (unpaired) electrons. The number of hydrogen-bond donors (Lipinski definition) is 2. The van der Waals surface area contributed by atoms with Crippen LogP contribution >= 0.6 is 27.7 Å². The summed E-state index contributed by atoms with van der Waals surface area (Å²) in [5, 5.41) is 12.2. The Balaban J connectivity index is 1.65. The van der Waals surface area contributed by atoms with Crippen LogP contribution in [0.15, 0.2) is 40.9 Å². The van der Waals surface area contributed by atoms with E-state index in [1.807, 2.05) is 50.2 Å². The quantitative estimate of drug-likeness (QED) is 0.513. The molecule has 1 fully saturated rings. The van der Waals surface area contributed by atoms with Crippen molar-refractivity contribution in [1.82, 2.24) is 5.32 Å². The molecule has 156 valence electrons. The molecule has 1 heterocycles. The Morgan fingerprint density at radius 2 is 2.03 bits per heavy atom. The molecule has 8 heteroatoms. The lowest BCUT2D eigenvalue weighted by atomic mass is 10.2. The number of hydrogen-bond acceptors (Lipinski definition) is 6. The van der Waals surface area contributed by atoms with Gasteiger partial charge in [0.05, 0.1) is 16.5 Å². The fourth-order valence-corrected chi connectivity index (χ4v) is 4.74. The molecule has 2 aromatic carbocycles. The lowest BCUT2D eigenvalue weighted by Gasteiger charge is -2.18. The first-order valence-electron chi connectivity index (χ1n) is 9.37. The largest absolute Gasteiger partial charge is 0.490 e. The van der Waals surface area contributed by atoms with Crippen LogP contribution in [-0.2, 0) is 4.79 Å². The van der Waals surface area contributed by atoms with Gasteiger partial charge in [0.1, 0.15) is 25.0 Å². The van der Waals surface area contributed by atoms with Gasteiger partial charge in [0.2, 0.25) is 0 Å². The van der Waals surface area contributed by atoms with Gasteiger partial charge < -0.3 is 19.3 Å². The van der Waals surface area contributed by atoms with E-state index < -0.39 is 12.0 Å². The number of halogens is 1. The highest BCUT2D eigenvalue weighted by molar-refractivity contribution is 9.10. The predicted molar refractivity (Wildman–Crippen MR) is 117 cm³/mol. The van der Waals surface area contributed by atoms with E-state index in [0.29, 0.717) is 37.1 Å². The number of benzene rings is 2. The number of thioether (sulfide) groups is 1. The highest BCUT2D eigenvalue weighted by Crippen LogP contribution is 2.42. The number of nitrogens with one attached hydrogen (secondary N) is 1. The summed E-state index contributed by atoms with van der Waals surface area (Å²) in [5.74, 6) is 1.73. The summed E-state index contributed by atoms with van der Waals surface area (Å²) < 4.78 is 18.2. The summed E-state index contributed by atoms with van der Waals surface area (Å²) in [6.07, 6.45) is 0. The second-order valence-corrected chi connectivity index (χ2v) is 8.54. The number of carboxylic acid groups (broad SMARTS) is 1. The highest BCUT2D eigenvalue weighted by Gasteiger charge is 2.31. The van der Waals surface area contributed by atoms with Crippen molar-refractivity contribution in [2.75, 3.05) is 25.6 Å². The number of carboxylic acids is 1. The minimum absolute atomic E-state index is 0.106. The van der Waals surface area contributed by atoms with Crippen molar-refractivity contribution < 1.29 is 24.1 Å². The topological polar surface area (TPSA) is 77.0 Å². The standard InChI is InChI=1S/C21H24BrNO5S/c1-3-26-18-11-14(20-23-17(12-29-20)21(24)25)10-16(22)19(18)28-8-7-27-15-6-4-5-13(2)9-15/h4-6,9-11,17,20,23H,3,7-8,12H2,1-2H3,(H,24,25). The number of aryl methyl sites for hydroxylation is 1. The Morgan fingerprint density at radius 3 is 2.72 bits per heavy atom. The molecule has 2 unspecified atom stereocenters. The maximum Gasteiger partial charge on any atom is 0.321 e. The van der Waals surface area contributed by atoms with Gasteiger partial charge in [0, 0.05) is 5.75 Å². The number of ether oxygens (including phenoxy) is 3. The maximum atomic E-state index is 11.2. The SMILES string of the molecule is CCOc1cc(C2NC(C(=O)O)CS2)cc(Br)c1OCCOc1cccc(C)c1. The molecular weight excluding hydrogens is 458 g/mol. The number of aliphatic carboxylic acids is 1. The molecule has 0 amide bonds. The second-order valence-electron chi connectivity index (χ2n) is 6.55. The fourth-order valence-electron chi connectivity index (χ4n) is 2.96. The normalized spacial score (nSPS) is 18.4. The molecule has 1 aliphatic heterocycles. The van der Waals surface area contributed by atoms with Crippen LogP contribution < -0.4 is 19.5 Å². The molecule has 0 spiro atoms. The Labute approximate surface area is 183 Å². The Bertz CT molecular complexity index is 863. The van der Waals surface area contributed by atoms with Crippen LogP contribution in [-0.4, -0.2) is 42.7 Å². The Morgan fingerprint density at radius 1 is 1.24 bits per heavy atom. The van der Waals surface area contributed by atoms with Crippen LogP contribution in [0.1, 0.15) is 23.4 Å². The molecular formula is C21H24BrNO5S. The van der Waals surface area contributed by atoms with Gasteiger partial charge in [-0.05, 0) is 65.2 Å². The van der Waals surface area contributed by atoms with Crippen LogP contribution in [0.3, 0.4) is 0 Å². The van der Waals surface area contributed by atoms with E-state index in [1.165, 1.54) is 0 Å². The Hall–Kier alpha value is -1.90. The van der Waals surface area contributed by atoms with Gasteiger partial charge in [-0.1, -0.05) is 12.1 Å². The van der Waals surface area contributed by atoms with Gasteiger partial charge in [0.25, 0.3) is 0 Å². The zero-order chi connectivity index (χ0) is 20.8. The van der Waals surface area contributed by atoms with Gasteiger partial charge in [-0.15, -0.1) is 11.8 Å². The van der Waals surface area contributed by atoms with Crippen molar-refractivity contribution in [3.63, 3.8) is 0 Å². The Kier molecular flexibility index (Phi) is 7.69. The van der Waals surface area contributed by atoms with Gasteiger partial charge in [-0.3, -0.25) is 10.1 Å². The molecule has 0 saturated carbocycles. The lowest BCUT2D eigenvalue weighted by Crippen LogP contribution is -2.33. The van der Waals surface area contributed by atoms with Crippen LogP contribution in [0.25, 0.3) is 0 Å². The van der Waals surface area contributed by atoms with Gasteiger partial charge in [0.15, 0.2) is 11.5 Å². The van der Waals surface area contributed by atoms with E-state index in [1.54, 1.807) is 11.8 Å². The summed E-state index contributed by atoms with van der Waals surface area (Å²) in [6, 6.07) is 11.2. The monoisotopic (exact) mass is 481 g/mol. The van der Waals surface area contributed by atoms with Crippen LogP contribution in [0, 0.1) is 6.92 Å². The molecule has 2 N–H and O–H groups in total. The third-order valence-electron chi connectivity index (χ3n) is 4.30. The van der Waals surface area contributed by atoms with E-state index in [9.17, 15) is 9.90 Å². The molecule has 1 saturated heterocycles. The van der Waals surface area contributed by atoms with Crippen molar-refractivity contribution >= 4 is 33.7 Å². The molecule has 3 rings (SSSR count). The molecule has 0 aliphatic carbocycles. The van der Waals surface area contributed by atoms with Crippen molar-refractivity contribution in [3.05, 3.63) is 52.0 Å². The molecule has 2 atom stereocenters. The molecule has 2 aromatic rings. The molecule has 0 bridgehead atoms. The molecule has 0 aromatic heterocycles. The number of rotatable bonds is 9. The first kappa shape index (κ1) is 21.8. The molecule has 1 aliphatic rings. The molecule has 6 nitrogen and oxygen atoms in total. The van der Waals surface area contributed by atoms with E-state index in [0.717, 1.165) is 21.3 Å². The van der Waals surface area contributed by atoms with E-state index >= 15 is 0 Å². The minimum atomic E-state index is -0.835. The van der Waals surface area contributed by atoms with Crippen molar-refractivity contribution in [2.45, 2.75) is 25.3 Å². The van der Waals surface area contributed by atoms with Crippen LogP contribution in [0.5, 0.6) is 17.2 Å². The second kappa shape index (κ2) is 10.2. The predicted octanol–water partition coefficient (Wildman–Crippen LogP) is 4.40. The van der Waals surface area contributed by atoms with Crippen LogP contribution in [0.2, 0.25) is 0 Å². The lowest BCUT2D eigenvalue weighted by molar-refractivity contribution is -0.138. The fraction of sp³-hybridized carbons (Fsp3) is 0.381. The summed E-state index contributed by atoms with van der Waals surface area (Å²) >= 11 is 5.13. The third-order valence-corrected chi connectivity index (χ3v) is 6.16. The zero-order valence-electron chi connectivity index (χ0n) is 16.3. The first-order valence-corrected chi connectivity index (χ1v) is 11.2. The van der Waals surface area contributed by atoms with Crippen molar-refractivity contribution in [3.8, 4) is 17.2 Å². The summed E-state index contributed by atoms with van der Waals surface area (Å²) in [4.78, 5) is 11.2. The summed E-state index contributed by atoms with van der Waals surface area (Å²) in [6.45, 7) is 5.20. The summed E-state index contributed by atoms with van der Waals surface area (Å²) in [5.41, 5.74) is 2.08. The van der Waals surface area contributed by atoms with E-state index in [-0.39, 0.29) is 5.37 Å². The molecule has 29 heavy (non-hydrogen) atoms. The van der Waals surface area contributed by atoms with Gasteiger partial charge in [-0.2, -0.15) is 0 Å².